The second kappa shape index (κ2) is 9.95. The summed E-state index contributed by atoms with van der Waals surface area (Å²) in [6, 6.07) is -0.742. The molecule has 1 heterocycles. The fraction of sp³-hybridized carbons (Fsp3) is 0.667. The first-order valence-corrected chi connectivity index (χ1v) is 9.40. The standard InChI is InChI=1S/C18H32N6O4/c1-10(2)7-23(9-13(25)21-17(27)20-12(5)6)14-15(19)24(8-11(3)4)18(28)22-16(14)26/h10-12H,7-9,19H2,1-6H3,(H,22,26,28)(H2,20,21,25,27). The average molecular weight is 396 g/mol. The molecule has 10 nitrogen and oxygen atoms in total. The number of rotatable bonds is 8. The molecule has 0 bridgehead atoms. The van der Waals surface area contributed by atoms with Gasteiger partial charge in [-0.2, -0.15) is 0 Å². The summed E-state index contributed by atoms with van der Waals surface area (Å²) in [5, 5.41) is 4.79. The Hall–Kier alpha value is -2.78. The molecule has 0 spiro atoms. The van der Waals surface area contributed by atoms with E-state index in [2.05, 4.69) is 15.6 Å². The molecule has 1 aromatic heterocycles. The van der Waals surface area contributed by atoms with Crippen LogP contribution < -0.4 is 32.5 Å². The summed E-state index contributed by atoms with van der Waals surface area (Å²) in [6.07, 6.45) is 0. The van der Waals surface area contributed by atoms with E-state index in [1.165, 1.54) is 9.47 Å². The number of carbonyl (C=O) groups excluding carboxylic acids is 2. The van der Waals surface area contributed by atoms with Crippen LogP contribution in [0.3, 0.4) is 0 Å². The Bertz CT molecular complexity index is 809. The number of nitrogens with one attached hydrogen (secondary N) is 3. The minimum atomic E-state index is -0.664. The summed E-state index contributed by atoms with van der Waals surface area (Å²) in [5.74, 6) is -0.358. The first-order valence-electron chi connectivity index (χ1n) is 9.40. The van der Waals surface area contributed by atoms with Crippen molar-refractivity contribution in [2.45, 2.75) is 54.1 Å². The number of aromatic amines is 1. The number of imide groups is 1. The maximum Gasteiger partial charge on any atom is 0.330 e. The number of hydrogen-bond acceptors (Lipinski definition) is 6. The SMILES string of the molecule is CC(C)CN(CC(=O)NC(=O)NC(C)C)c1c(N)n(CC(C)C)c(=O)[nH]c1=O. The predicted molar refractivity (Wildman–Crippen MR) is 109 cm³/mol. The first kappa shape index (κ1) is 23.3. The lowest BCUT2D eigenvalue weighted by Crippen LogP contribution is -2.48. The maximum atomic E-state index is 12.5. The van der Waals surface area contributed by atoms with E-state index >= 15 is 0 Å². The Morgan fingerprint density at radius 3 is 2.21 bits per heavy atom. The summed E-state index contributed by atoms with van der Waals surface area (Å²) in [6.45, 7) is 11.6. The van der Waals surface area contributed by atoms with Crippen molar-refractivity contribution in [2.24, 2.45) is 11.8 Å². The molecule has 0 aliphatic carbocycles. The molecular formula is C18H32N6O4. The molecule has 1 rings (SSSR count). The minimum Gasteiger partial charge on any atom is -0.383 e. The van der Waals surface area contributed by atoms with Crippen molar-refractivity contribution < 1.29 is 9.59 Å². The largest absolute Gasteiger partial charge is 0.383 e. The minimum absolute atomic E-state index is 0.00234. The van der Waals surface area contributed by atoms with Gasteiger partial charge in [0, 0.05) is 19.1 Å². The van der Waals surface area contributed by atoms with Crippen LogP contribution in [0.15, 0.2) is 9.59 Å². The number of nitrogens with zero attached hydrogens (tertiary/aromatic N) is 2. The van der Waals surface area contributed by atoms with Gasteiger partial charge in [0.2, 0.25) is 5.91 Å². The van der Waals surface area contributed by atoms with Gasteiger partial charge in [-0.25, -0.2) is 9.59 Å². The Morgan fingerprint density at radius 1 is 1.11 bits per heavy atom. The molecule has 0 aliphatic heterocycles. The highest BCUT2D eigenvalue weighted by atomic mass is 16.2. The highest BCUT2D eigenvalue weighted by molar-refractivity contribution is 5.96. The van der Waals surface area contributed by atoms with Crippen LogP contribution in [0.25, 0.3) is 0 Å². The third-order valence-electron chi connectivity index (χ3n) is 3.67. The maximum absolute atomic E-state index is 12.5. The lowest BCUT2D eigenvalue weighted by Gasteiger charge is -2.27. The molecule has 3 amide bonds. The molecule has 158 valence electrons. The fourth-order valence-electron chi connectivity index (χ4n) is 2.74. The van der Waals surface area contributed by atoms with Crippen LogP contribution in [0.4, 0.5) is 16.3 Å². The quantitative estimate of drug-likeness (QED) is 0.503. The fourth-order valence-corrected chi connectivity index (χ4v) is 2.74. The molecule has 0 radical (unpaired) electrons. The lowest BCUT2D eigenvalue weighted by atomic mass is 10.2. The zero-order valence-electron chi connectivity index (χ0n) is 17.5. The van der Waals surface area contributed by atoms with Crippen molar-refractivity contribution in [1.82, 2.24) is 20.2 Å². The number of anilines is 2. The smallest absolute Gasteiger partial charge is 0.330 e. The van der Waals surface area contributed by atoms with Crippen molar-refractivity contribution in [3.63, 3.8) is 0 Å². The van der Waals surface area contributed by atoms with Crippen LogP contribution in [0, 0.1) is 11.8 Å². The molecule has 0 aromatic carbocycles. The van der Waals surface area contributed by atoms with E-state index < -0.39 is 23.2 Å². The third-order valence-corrected chi connectivity index (χ3v) is 3.67. The van der Waals surface area contributed by atoms with Crippen molar-refractivity contribution in [3.8, 4) is 0 Å². The van der Waals surface area contributed by atoms with Crippen LogP contribution in [-0.2, 0) is 11.3 Å². The highest BCUT2D eigenvalue weighted by Crippen LogP contribution is 2.18. The number of nitrogens with two attached hydrogens (primary N) is 1. The van der Waals surface area contributed by atoms with E-state index in [0.717, 1.165) is 0 Å². The van der Waals surface area contributed by atoms with Gasteiger partial charge in [0.25, 0.3) is 5.56 Å². The molecule has 0 unspecified atom stereocenters. The van der Waals surface area contributed by atoms with E-state index in [-0.39, 0.29) is 35.9 Å². The predicted octanol–water partition coefficient (Wildman–Crippen LogP) is 0.471. The van der Waals surface area contributed by atoms with Gasteiger partial charge in [0.1, 0.15) is 11.5 Å². The van der Waals surface area contributed by atoms with Gasteiger partial charge in [-0.15, -0.1) is 0 Å². The topological polar surface area (TPSA) is 142 Å². The third kappa shape index (κ3) is 6.75. The van der Waals surface area contributed by atoms with Gasteiger partial charge in [0.05, 0.1) is 6.54 Å². The number of nitrogen functional groups attached to an aromatic ring is 1. The Morgan fingerprint density at radius 2 is 1.71 bits per heavy atom. The molecule has 0 aliphatic rings. The van der Waals surface area contributed by atoms with Crippen molar-refractivity contribution in [3.05, 3.63) is 20.8 Å². The summed E-state index contributed by atoms with van der Waals surface area (Å²) < 4.78 is 1.29. The molecule has 0 atom stereocenters. The van der Waals surface area contributed by atoms with Crippen molar-refractivity contribution >= 4 is 23.4 Å². The van der Waals surface area contributed by atoms with Gasteiger partial charge in [0.15, 0.2) is 0 Å². The molecule has 5 N–H and O–H groups in total. The average Bonchev–Trinajstić information content (AvgIpc) is 2.49. The van der Waals surface area contributed by atoms with E-state index in [1.54, 1.807) is 13.8 Å². The van der Waals surface area contributed by atoms with Crippen LogP contribution in [0.2, 0.25) is 0 Å². The Labute approximate surface area is 164 Å². The van der Waals surface area contributed by atoms with Crippen LogP contribution >= 0.6 is 0 Å². The van der Waals surface area contributed by atoms with E-state index in [9.17, 15) is 19.2 Å². The number of carbonyl (C=O) groups is 2. The zero-order valence-corrected chi connectivity index (χ0v) is 17.5. The number of urea groups is 1. The normalized spacial score (nSPS) is 11.2. The summed E-state index contributed by atoms with van der Waals surface area (Å²) in [7, 11) is 0. The van der Waals surface area contributed by atoms with Crippen molar-refractivity contribution in [1.29, 1.82) is 0 Å². The summed E-state index contributed by atoms with van der Waals surface area (Å²) in [4.78, 5) is 52.4. The number of aromatic nitrogens is 2. The number of amides is 3. The molecule has 10 heteroatoms. The van der Waals surface area contributed by atoms with Gasteiger partial charge >= 0.3 is 11.7 Å². The monoisotopic (exact) mass is 396 g/mol. The summed E-state index contributed by atoms with van der Waals surface area (Å²) >= 11 is 0. The molecule has 1 aromatic rings. The van der Waals surface area contributed by atoms with Crippen LogP contribution in [0.5, 0.6) is 0 Å². The Kier molecular flexibility index (Phi) is 8.27. The van der Waals surface area contributed by atoms with Gasteiger partial charge < -0.3 is 16.0 Å². The zero-order chi connectivity index (χ0) is 21.6. The van der Waals surface area contributed by atoms with E-state index in [0.29, 0.717) is 13.1 Å². The van der Waals surface area contributed by atoms with Crippen LogP contribution in [0.1, 0.15) is 41.5 Å². The molecular weight excluding hydrogens is 364 g/mol. The first-order chi connectivity index (χ1) is 12.9. The van der Waals surface area contributed by atoms with Crippen LogP contribution in [-0.4, -0.2) is 40.6 Å². The van der Waals surface area contributed by atoms with E-state index in [4.69, 9.17) is 5.73 Å². The highest BCUT2D eigenvalue weighted by Gasteiger charge is 2.23. The van der Waals surface area contributed by atoms with Gasteiger partial charge in [-0.05, 0) is 25.7 Å². The van der Waals surface area contributed by atoms with E-state index in [1.807, 2.05) is 27.7 Å². The molecule has 0 saturated heterocycles. The second-order valence-corrected chi connectivity index (χ2v) is 7.95. The molecule has 0 saturated carbocycles. The van der Waals surface area contributed by atoms with Crippen molar-refractivity contribution in [2.75, 3.05) is 23.7 Å². The van der Waals surface area contributed by atoms with Gasteiger partial charge in [-0.1, -0.05) is 27.7 Å². The lowest BCUT2D eigenvalue weighted by molar-refractivity contribution is -0.118. The Balaban J connectivity index is 3.24. The molecule has 0 fully saturated rings. The van der Waals surface area contributed by atoms with Gasteiger partial charge in [-0.3, -0.25) is 24.5 Å². The summed E-state index contributed by atoms with van der Waals surface area (Å²) in [5.41, 5.74) is 4.94. The second-order valence-electron chi connectivity index (χ2n) is 7.95. The number of hydrogen-bond donors (Lipinski definition) is 4. The molecule has 28 heavy (non-hydrogen) atoms. The number of H-pyrrole nitrogens is 1.